The van der Waals surface area contributed by atoms with Crippen molar-refractivity contribution in [2.45, 2.75) is 29.4 Å². The molecule has 0 aromatic heterocycles. The number of carbonyl (C=O) groups is 2. The largest absolute Gasteiger partial charge is 0.433 e. The lowest BCUT2D eigenvalue weighted by Crippen LogP contribution is -2.68. The van der Waals surface area contributed by atoms with Crippen molar-refractivity contribution in [2.24, 2.45) is 0 Å². The fourth-order valence-electron chi connectivity index (χ4n) is 3.24. The topological polar surface area (TPSA) is 146 Å². The molecule has 3 rings (SSSR count). The van der Waals surface area contributed by atoms with E-state index in [0.717, 1.165) is 16.7 Å². The monoisotopic (exact) mass is 427 g/mol. The molecule has 0 aliphatic carbocycles. The minimum absolute atomic E-state index is 0.0979. The number of benzene rings is 1. The number of carbonyl (C=O) groups excluding carboxylic acids is 2. The highest BCUT2D eigenvalue weighted by Gasteiger charge is 2.61. The average molecular weight is 427 g/mol. The molecule has 5 atom stereocenters. The van der Waals surface area contributed by atoms with E-state index in [2.05, 4.69) is 5.32 Å². The Labute approximate surface area is 170 Å². The second-order valence-corrected chi connectivity index (χ2v) is 7.64. The number of imide groups is 1. The Bertz CT molecular complexity index is 776. The first-order valence-corrected chi connectivity index (χ1v) is 9.75. The second kappa shape index (κ2) is 9.32. The number of ether oxygens (including phenoxy) is 2. The number of aliphatic hydroxyl groups is 4. The molecule has 0 spiro atoms. The summed E-state index contributed by atoms with van der Waals surface area (Å²) in [6.45, 7) is -1.35. The zero-order chi connectivity index (χ0) is 21.0. The molecule has 1 saturated heterocycles. The fourth-order valence-corrected chi connectivity index (χ4v) is 4.35. The van der Waals surface area contributed by atoms with Crippen LogP contribution in [0.3, 0.4) is 0 Å². The van der Waals surface area contributed by atoms with Gasteiger partial charge in [-0.1, -0.05) is 18.2 Å². The Kier molecular flexibility index (Phi) is 7.03. The highest BCUT2D eigenvalue weighted by atomic mass is 32.2. The summed E-state index contributed by atoms with van der Waals surface area (Å²) in [5.41, 5.74) is 0. The first kappa shape index (κ1) is 21.9. The van der Waals surface area contributed by atoms with Crippen LogP contribution in [0.15, 0.2) is 46.3 Å². The summed E-state index contributed by atoms with van der Waals surface area (Å²) in [6.07, 6.45) is -4.24. The van der Waals surface area contributed by atoms with Crippen LogP contribution in [-0.2, 0) is 14.3 Å². The number of hydrogen-bond donors (Lipinski definition) is 5. The number of thioether (sulfide) groups is 1. The second-order valence-electron chi connectivity index (χ2n) is 6.55. The van der Waals surface area contributed by atoms with Gasteiger partial charge in [-0.25, -0.2) is 10.1 Å². The maximum absolute atomic E-state index is 13.1. The van der Waals surface area contributed by atoms with E-state index in [1.807, 2.05) is 6.07 Å². The van der Waals surface area contributed by atoms with Gasteiger partial charge in [0.15, 0.2) is 17.9 Å². The standard InChI is InChI=1S/C18H22N2O8S/c21-6-7-27-10-20(17-16(25)15(24)12(9-22)28-17)14(8-13(23)19-18(20)26)29-11-4-2-1-3-5-11/h1-5,8,12,15-17,21-22,24-25H,6-7,9-10H2/p+1/t12-,15-,16-,17-,20?/m1/s1. The Morgan fingerprint density at radius 3 is 2.48 bits per heavy atom. The van der Waals surface area contributed by atoms with E-state index in [9.17, 15) is 24.9 Å². The number of aliphatic hydroxyl groups excluding tert-OH is 4. The van der Waals surface area contributed by atoms with E-state index in [0.29, 0.717) is 0 Å². The molecule has 1 fully saturated rings. The lowest BCUT2D eigenvalue weighted by atomic mass is 10.1. The van der Waals surface area contributed by atoms with Crippen LogP contribution >= 0.6 is 11.8 Å². The van der Waals surface area contributed by atoms with E-state index in [-0.39, 0.29) is 25.0 Å². The number of hydrogen-bond acceptors (Lipinski definition) is 9. The molecule has 0 saturated carbocycles. The quantitative estimate of drug-likeness (QED) is 0.263. The van der Waals surface area contributed by atoms with Gasteiger partial charge in [0, 0.05) is 4.90 Å². The number of nitrogens with one attached hydrogen (secondary N) is 1. The smallest absolute Gasteiger partial charge is 0.394 e. The molecule has 29 heavy (non-hydrogen) atoms. The Balaban J connectivity index is 2.06. The predicted octanol–water partition coefficient (Wildman–Crippen LogP) is -0.908. The van der Waals surface area contributed by atoms with E-state index in [1.165, 1.54) is 6.08 Å². The first-order chi connectivity index (χ1) is 13.9. The number of quaternary nitrogens is 1. The molecule has 11 heteroatoms. The van der Waals surface area contributed by atoms with Crippen molar-refractivity contribution in [3.05, 3.63) is 41.4 Å². The third kappa shape index (κ3) is 4.22. The van der Waals surface area contributed by atoms with Gasteiger partial charge in [-0.2, -0.15) is 4.48 Å². The first-order valence-electron chi connectivity index (χ1n) is 8.93. The van der Waals surface area contributed by atoms with Crippen molar-refractivity contribution < 1.29 is 44.0 Å². The Morgan fingerprint density at radius 2 is 1.86 bits per heavy atom. The summed E-state index contributed by atoms with van der Waals surface area (Å²) in [7, 11) is 0. The van der Waals surface area contributed by atoms with Crippen LogP contribution in [0.5, 0.6) is 0 Å². The fraction of sp³-hybridized carbons (Fsp3) is 0.444. The molecular formula is C18H23N2O8S+. The molecule has 3 amide bonds. The van der Waals surface area contributed by atoms with Gasteiger partial charge < -0.3 is 29.9 Å². The van der Waals surface area contributed by atoms with Gasteiger partial charge >= 0.3 is 6.03 Å². The zero-order valence-corrected chi connectivity index (χ0v) is 16.2. The Hall–Kier alpha value is -1.83. The van der Waals surface area contributed by atoms with Crippen LogP contribution in [0.2, 0.25) is 0 Å². The van der Waals surface area contributed by atoms with E-state index in [4.69, 9.17) is 14.6 Å². The van der Waals surface area contributed by atoms with Gasteiger partial charge in [0.2, 0.25) is 6.23 Å². The summed E-state index contributed by atoms with van der Waals surface area (Å²) >= 11 is 1.11. The van der Waals surface area contributed by atoms with Gasteiger partial charge in [-0.15, -0.1) is 0 Å². The normalized spacial score (nSPS) is 32.2. The molecule has 5 N–H and O–H groups in total. The minimum atomic E-state index is -1.54. The van der Waals surface area contributed by atoms with Crippen LogP contribution in [-0.4, -0.2) is 87.9 Å². The maximum Gasteiger partial charge on any atom is 0.433 e. The van der Waals surface area contributed by atoms with Crippen LogP contribution in [0, 0.1) is 0 Å². The van der Waals surface area contributed by atoms with E-state index in [1.54, 1.807) is 24.3 Å². The summed E-state index contributed by atoms with van der Waals surface area (Å²) in [5, 5.41) is 41.7. The van der Waals surface area contributed by atoms with Crippen LogP contribution in [0.1, 0.15) is 0 Å². The van der Waals surface area contributed by atoms with Crippen molar-refractivity contribution >= 4 is 23.7 Å². The lowest BCUT2D eigenvalue weighted by molar-refractivity contribution is -0.879. The van der Waals surface area contributed by atoms with Crippen molar-refractivity contribution in [1.82, 2.24) is 5.32 Å². The molecule has 2 aliphatic rings. The summed E-state index contributed by atoms with van der Waals surface area (Å²) in [5.74, 6) is -0.643. The van der Waals surface area contributed by atoms with Crippen molar-refractivity contribution in [1.29, 1.82) is 0 Å². The zero-order valence-electron chi connectivity index (χ0n) is 15.4. The minimum Gasteiger partial charge on any atom is -0.394 e. The van der Waals surface area contributed by atoms with Gasteiger partial charge in [0.05, 0.1) is 25.9 Å². The molecule has 158 valence electrons. The van der Waals surface area contributed by atoms with Crippen LogP contribution in [0.25, 0.3) is 0 Å². The molecule has 10 nitrogen and oxygen atoms in total. The molecule has 1 aromatic rings. The predicted molar refractivity (Wildman–Crippen MR) is 99.8 cm³/mol. The SMILES string of the molecule is O=C1C=C(Sc2ccccc2)[N+](COCCO)([C@@H]2O[C@H](CO)[C@@H](O)[C@H]2O)C(=O)N1. The lowest BCUT2D eigenvalue weighted by Gasteiger charge is -2.41. The third-order valence-electron chi connectivity index (χ3n) is 4.69. The van der Waals surface area contributed by atoms with Gasteiger partial charge in [-0.05, 0) is 23.9 Å². The number of urea groups is 1. The van der Waals surface area contributed by atoms with Crippen LogP contribution < -0.4 is 5.32 Å². The molecule has 1 unspecified atom stereocenters. The van der Waals surface area contributed by atoms with E-state index < -0.39 is 47.6 Å². The van der Waals surface area contributed by atoms with Gasteiger partial charge in [0.1, 0.15) is 12.2 Å². The summed E-state index contributed by atoms with van der Waals surface area (Å²) in [4.78, 5) is 25.9. The van der Waals surface area contributed by atoms with E-state index >= 15 is 0 Å². The van der Waals surface area contributed by atoms with Gasteiger partial charge in [0.25, 0.3) is 5.91 Å². The van der Waals surface area contributed by atoms with Gasteiger partial charge in [-0.3, -0.25) is 4.79 Å². The number of rotatable bonds is 8. The molecule has 1 aromatic carbocycles. The van der Waals surface area contributed by atoms with Crippen LogP contribution in [0.4, 0.5) is 4.79 Å². The number of amides is 3. The average Bonchev–Trinajstić information content (AvgIpc) is 2.99. The highest BCUT2D eigenvalue weighted by molar-refractivity contribution is 8.02. The molecule has 0 bridgehead atoms. The summed E-state index contributed by atoms with van der Waals surface area (Å²) < 4.78 is 10.3. The molecule has 2 heterocycles. The number of nitrogens with zero attached hydrogens (tertiary/aromatic N) is 1. The maximum atomic E-state index is 13.1. The molecular weight excluding hydrogens is 404 g/mol. The van der Waals surface area contributed by atoms with Crippen molar-refractivity contribution in [3.8, 4) is 0 Å². The third-order valence-corrected chi connectivity index (χ3v) is 5.85. The molecule has 2 aliphatic heterocycles. The highest BCUT2D eigenvalue weighted by Crippen LogP contribution is 2.42. The Morgan fingerprint density at radius 1 is 1.14 bits per heavy atom. The van der Waals surface area contributed by atoms with Crippen molar-refractivity contribution in [2.75, 3.05) is 26.6 Å². The summed E-state index contributed by atoms with van der Waals surface area (Å²) in [6, 6.07) is 8.14. The van der Waals surface area contributed by atoms with Crippen molar-refractivity contribution in [3.63, 3.8) is 0 Å². The molecule has 0 radical (unpaired) electrons.